The Labute approximate surface area is 140 Å². The molecule has 0 unspecified atom stereocenters. The van der Waals surface area contributed by atoms with Crippen molar-refractivity contribution in [2.24, 2.45) is 5.92 Å². The van der Waals surface area contributed by atoms with Crippen molar-refractivity contribution in [1.29, 1.82) is 0 Å². The van der Waals surface area contributed by atoms with Crippen LogP contribution in [0.3, 0.4) is 0 Å². The van der Waals surface area contributed by atoms with Crippen molar-refractivity contribution < 1.29 is 9.59 Å². The minimum absolute atomic E-state index is 0.0254. The maximum Gasteiger partial charge on any atom is 0.242 e. The third-order valence-corrected chi connectivity index (χ3v) is 4.88. The summed E-state index contributed by atoms with van der Waals surface area (Å²) in [6.07, 6.45) is 6.67. The molecule has 2 atom stereocenters. The molecule has 3 N–H and O–H groups in total. The highest BCUT2D eigenvalue weighted by Crippen LogP contribution is 2.27. The van der Waals surface area contributed by atoms with Crippen molar-refractivity contribution in [3.63, 3.8) is 0 Å². The second-order valence-electron chi connectivity index (χ2n) is 6.46. The molecule has 1 heterocycles. The number of nitrogens with zero attached hydrogens (tertiary/aromatic N) is 2. The Balaban J connectivity index is 1.37. The van der Waals surface area contributed by atoms with Crippen LogP contribution in [0.1, 0.15) is 50.8 Å². The Bertz CT molecular complexity index is 572. The van der Waals surface area contributed by atoms with Gasteiger partial charge in [-0.25, -0.2) is 4.98 Å². The topological polar surface area (TPSA) is 99.8 Å². The molecule has 0 saturated heterocycles. The zero-order chi connectivity index (χ0) is 16.2. The van der Waals surface area contributed by atoms with Crippen LogP contribution >= 0.6 is 11.6 Å². The van der Waals surface area contributed by atoms with Gasteiger partial charge < -0.3 is 10.6 Å². The lowest BCUT2D eigenvalue weighted by Gasteiger charge is -2.27. The van der Waals surface area contributed by atoms with Gasteiger partial charge in [0.15, 0.2) is 0 Å². The first-order chi connectivity index (χ1) is 11.1. The minimum Gasteiger partial charge on any atom is -0.353 e. The third kappa shape index (κ3) is 4.43. The lowest BCUT2D eigenvalue weighted by Crippen LogP contribution is -2.42. The van der Waals surface area contributed by atoms with Gasteiger partial charge in [-0.3, -0.25) is 14.7 Å². The van der Waals surface area contributed by atoms with Crippen LogP contribution in [0.2, 0.25) is 5.28 Å². The van der Waals surface area contributed by atoms with Crippen molar-refractivity contribution in [1.82, 2.24) is 25.8 Å². The molecular weight excluding hydrogens is 318 g/mol. The van der Waals surface area contributed by atoms with E-state index in [1.807, 2.05) is 0 Å². The first kappa shape index (κ1) is 16.2. The second kappa shape index (κ2) is 7.29. The van der Waals surface area contributed by atoms with Crippen LogP contribution in [0.4, 0.5) is 0 Å². The SMILES string of the molecule is O=C(CCc1nc(Cl)n[nH]1)N[C@@H]1CC[C@H](C(=O)NC2CCC2)C1. The Morgan fingerprint density at radius 2 is 2.00 bits per heavy atom. The van der Waals surface area contributed by atoms with Gasteiger partial charge in [-0.2, -0.15) is 0 Å². The Morgan fingerprint density at radius 1 is 1.17 bits per heavy atom. The molecule has 2 fully saturated rings. The zero-order valence-electron chi connectivity index (χ0n) is 13.0. The third-order valence-electron chi connectivity index (χ3n) is 4.71. The number of amides is 2. The number of aromatic nitrogens is 3. The van der Waals surface area contributed by atoms with Gasteiger partial charge in [0.2, 0.25) is 17.1 Å². The summed E-state index contributed by atoms with van der Waals surface area (Å²) in [5, 5.41) is 12.7. The number of carbonyl (C=O) groups excluding carboxylic acids is 2. The van der Waals surface area contributed by atoms with E-state index >= 15 is 0 Å². The molecule has 3 rings (SSSR count). The van der Waals surface area contributed by atoms with Gasteiger partial charge in [0.1, 0.15) is 5.82 Å². The standard InChI is InChI=1S/C15H22ClN5O2/c16-15-19-12(20-21-15)6-7-13(22)17-11-5-4-9(8-11)14(23)18-10-2-1-3-10/h9-11H,1-8H2,(H,17,22)(H,18,23)(H,19,20,21)/t9-,11+/m0/s1. The summed E-state index contributed by atoms with van der Waals surface area (Å²) >= 11 is 5.62. The van der Waals surface area contributed by atoms with Crippen molar-refractivity contribution >= 4 is 23.4 Å². The van der Waals surface area contributed by atoms with Gasteiger partial charge in [0.25, 0.3) is 0 Å². The molecular formula is C15H22ClN5O2. The monoisotopic (exact) mass is 339 g/mol. The van der Waals surface area contributed by atoms with Crippen molar-refractivity contribution in [2.75, 3.05) is 0 Å². The summed E-state index contributed by atoms with van der Waals surface area (Å²) in [6, 6.07) is 0.475. The molecule has 1 aromatic rings. The van der Waals surface area contributed by atoms with Gasteiger partial charge in [-0.1, -0.05) is 0 Å². The highest BCUT2D eigenvalue weighted by atomic mass is 35.5. The Hall–Kier alpha value is -1.63. The fourth-order valence-electron chi connectivity index (χ4n) is 3.14. The van der Waals surface area contributed by atoms with Crippen LogP contribution in [0, 0.1) is 5.92 Å². The lowest BCUT2D eigenvalue weighted by molar-refractivity contribution is -0.126. The molecule has 126 valence electrons. The van der Waals surface area contributed by atoms with Crippen LogP contribution in [0.25, 0.3) is 0 Å². The van der Waals surface area contributed by atoms with Gasteiger partial charge in [0, 0.05) is 30.8 Å². The smallest absolute Gasteiger partial charge is 0.242 e. The molecule has 2 aliphatic rings. The maximum absolute atomic E-state index is 12.1. The number of hydrogen-bond acceptors (Lipinski definition) is 4. The summed E-state index contributed by atoms with van der Waals surface area (Å²) in [6.45, 7) is 0. The average molecular weight is 340 g/mol. The molecule has 2 saturated carbocycles. The molecule has 23 heavy (non-hydrogen) atoms. The number of aryl methyl sites for hydroxylation is 1. The van der Waals surface area contributed by atoms with E-state index in [1.165, 1.54) is 6.42 Å². The molecule has 0 aliphatic heterocycles. The van der Waals surface area contributed by atoms with E-state index in [1.54, 1.807) is 0 Å². The first-order valence-corrected chi connectivity index (χ1v) is 8.64. The molecule has 0 radical (unpaired) electrons. The number of carbonyl (C=O) groups is 2. The maximum atomic E-state index is 12.1. The number of halogens is 1. The lowest BCUT2D eigenvalue weighted by atomic mass is 9.92. The summed E-state index contributed by atoms with van der Waals surface area (Å²) < 4.78 is 0. The summed E-state index contributed by atoms with van der Waals surface area (Å²) in [5.41, 5.74) is 0. The molecule has 1 aromatic heterocycles. The zero-order valence-corrected chi connectivity index (χ0v) is 13.7. The molecule has 2 aliphatic carbocycles. The molecule has 0 aromatic carbocycles. The van der Waals surface area contributed by atoms with E-state index in [9.17, 15) is 9.59 Å². The summed E-state index contributed by atoms with van der Waals surface area (Å²) in [5.74, 6) is 0.772. The largest absolute Gasteiger partial charge is 0.353 e. The average Bonchev–Trinajstić information content (AvgIpc) is 3.09. The van der Waals surface area contributed by atoms with Crippen LogP contribution in [0.15, 0.2) is 0 Å². The molecule has 0 bridgehead atoms. The molecule has 2 amide bonds. The van der Waals surface area contributed by atoms with Gasteiger partial charge in [0.05, 0.1) is 0 Å². The predicted molar refractivity (Wildman–Crippen MR) is 84.8 cm³/mol. The van der Waals surface area contributed by atoms with Crippen LogP contribution in [0.5, 0.6) is 0 Å². The van der Waals surface area contributed by atoms with E-state index in [2.05, 4.69) is 25.8 Å². The van der Waals surface area contributed by atoms with Crippen molar-refractivity contribution in [3.8, 4) is 0 Å². The fraction of sp³-hybridized carbons (Fsp3) is 0.733. The van der Waals surface area contributed by atoms with E-state index in [0.29, 0.717) is 24.7 Å². The van der Waals surface area contributed by atoms with E-state index in [0.717, 1.165) is 32.1 Å². The molecule has 0 spiro atoms. The van der Waals surface area contributed by atoms with Crippen LogP contribution in [-0.4, -0.2) is 39.1 Å². The second-order valence-corrected chi connectivity index (χ2v) is 6.80. The minimum atomic E-state index is -0.0254. The van der Waals surface area contributed by atoms with Crippen LogP contribution in [-0.2, 0) is 16.0 Å². The fourth-order valence-corrected chi connectivity index (χ4v) is 3.28. The van der Waals surface area contributed by atoms with Crippen molar-refractivity contribution in [2.45, 2.75) is 63.5 Å². The Kier molecular flexibility index (Phi) is 5.15. The van der Waals surface area contributed by atoms with Gasteiger partial charge in [-0.15, -0.1) is 5.10 Å². The summed E-state index contributed by atoms with van der Waals surface area (Å²) in [4.78, 5) is 28.1. The highest BCUT2D eigenvalue weighted by molar-refractivity contribution is 6.28. The van der Waals surface area contributed by atoms with E-state index in [-0.39, 0.29) is 29.1 Å². The number of aromatic amines is 1. The summed E-state index contributed by atoms with van der Waals surface area (Å²) in [7, 11) is 0. The van der Waals surface area contributed by atoms with Gasteiger partial charge >= 0.3 is 0 Å². The highest BCUT2D eigenvalue weighted by Gasteiger charge is 2.32. The van der Waals surface area contributed by atoms with Crippen molar-refractivity contribution in [3.05, 3.63) is 11.1 Å². The number of rotatable bonds is 6. The normalized spacial score (nSPS) is 24.2. The Morgan fingerprint density at radius 3 is 2.65 bits per heavy atom. The number of H-pyrrole nitrogens is 1. The number of hydrogen-bond donors (Lipinski definition) is 3. The molecule has 7 nitrogen and oxygen atoms in total. The van der Waals surface area contributed by atoms with E-state index in [4.69, 9.17) is 11.6 Å². The number of nitrogens with one attached hydrogen (secondary N) is 3. The molecule has 8 heteroatoms. The predicted octanol–water partition coefficient (Wildman–Crippen LogP) is 1.34. The first-order valence-electron chi connectivity index (χ1n) is 8.26. The quantitative estimate of drug-likeness (QED) is 0.728. The van der Waals surface area contributed by atoms with Gasteiger partial charge in [-0.05, 0) is 50.1 Å². The van der Waals surface area contributed by atoms with E-state index < -0.39 is 0 Å². The van der Waals surface area contributed by atoms with Crippen LogP contribution < -0.4 is 10.6 Å².